The summed E-state index contributed by atoms with van der Waals surface area (Å²) in [6.07, 6.45) is -3.08. The highest BCUT2D eigenvalue weighted by molar-refractivity contribution is 6.33. The van der Waals surface area contributed by atoms with Crippen LogP contribution in [-0.2, 0) is 17.5 Å². The molecule has 0 saturated carbocycles. The van der Waals surface area contributed by atoms with Crippen molar-refractivity contribution in [3.05, 3.63) is 87.9 Å². The fourth-order valence-electron chi connectivity index (χ4n) is 2.86. The molecule has 34 heavy (non-hydrogen) atoms. The molecule has 0 aliphatic rings. The SMILES string of the molecule is COC(=O)c1ccc(COc2ccc(C=NNc3cc(C(F)(F)F)ccc3Cl)cc2OC)cc1. The third-order valence-electron chi connectivity index (χ3n) is 4.65. The van der Waals surface area contributed by atoms with Gasteiger partial charge in [0.15, 0.2) is 11.5 Å². The van der Waals surface area contributed by atoms with E-state index in [-0.39, 0.29) is 17.3 Å². The lowest BCUT2D eigenvalue weighted by Gasteiger charge is -2.12. The molecule has 0 bridgehead atoms. The average Bonchev–Trinajstić information content (AvgIpc) is 2.83. The number of hydrogen-bond acceptors (Lipinski definition) is 6. The Morgan fingerprint density at radius 2 is 1.76 bits per heavy atom. The van der Waals surface area contributed by atoms with E-state index in [4.69, 9.17) is 21.1 Å². The van der Waals surface area contributed by atoms with Gasteiger partial charge < -0.3 is 14.2 Å². The van der Waals surface area contributed by atoms with Crippen LogP contribution in [0.2, 0.25) is 5.02 Å². The first-order valence-corrected chi connectivity index (χ1v) is 10.2. The summed E-state index contributed by atoms with van der Waals surface area (Å²) in [5.41, 5.74) is 3.60. The predicted molar refractivity (Wildman–Crippen MR) is 123 cm³/mol. The van der Waals surface area contributed by atoms with Crippen molar-refractivity contribution >= 4 is 29.5 Å². The summed E-state index contributed by atoms with van der Waals surface area (Å²) in [5.74, 6) is 0.494. The van der Waals surface area contributed by atoms with E-state index in [0.29, 0.717) is 22.6 Å². The Hall–Kier alpha value is -3.72. The maximum absolute atomic E-state index is 12.9. The highest BCUT2D eigenvalue weighted by Crippen LogP contribution is 2.34. The summed E-state index contributed by atoms with van der Waals surface area (Å²) >= 11 is 5.95. The Labute approximate surface area is 198 Å². The van der Waals surface area contributed by atoms with Gasteiger partial charge in [-0.05, 0) is 59.7 Å². The highest BCUT2D eigenvalue weighted by Gasteiger charge is 2.30. The van der Waals surface area contributed by atoms with Crippen molar-refractivity contribution in [1.82, 2.24) is 0 Å². The average molecular weight is 493 g/mol. The normalized spacial score (nSPS) is 11.4. The molecule has 0 unspecified atom stereocenters. The van der Waals surface area contributed by atoms with Crippen molar-refractivity contribution in [2.75, 3.05) is 19.6 Å². The molecular formula is C24H20ClF3N2O4. The first-order valence-electron chi connectivity index (χ1n) is 9.85. The lowest BCUT2D eigenvalue weighted by atomic mass is 10.1. The van der Waals surface area contributed by atoms with Gasteiger partial charge in [-0.2, -0.15) is 18.3 Å². The van der Waals surface area contributed by atoms with Crippen LogP contribution >= 0.6 is 11.6 Å². The number of rotatable bonds is 8. The van der Waals surface area contributed by atoms with Crippen LogP contribution in [0.25, 0.3) is 0 Å². The number of benzene rings is 3. The summed E-state index contributed by atoms with van der Waals surface area (Å²) in [4.78, 5) is 11.5. The van der Waals surface area contributed by atoms with Gasteiger partial charge in [-0.3, -0.25) is 5.43 Å². The van der Waals surface area contributed by atoms with E-state index < -0.39 is 17.7 Å². The van der Waals surface area contributed by atoms with E-state index >= 15 is 0 Å². The van der Waals surface area contributed by atoms with Crippen LogP contribution in [0, 0.1) is 0 Å². The zero-order valence-corrected chi connectivity index (χ0v) is 18.9. The van der Waals surface area contributed by atoms with Crippen LogP contribution < -0.4 is 14.9 Å². The molecule has 1 N–H and O–H groups in total. The smallest absolute Gasteiger partial charge is 0.416 e. The van der Waals surface area contributed by atoms with Gasteiger partial charge in [0.2, 0.25) is 0 Å². The van der Waals surface area contributed by atoms with Gasteiger partial charge in [0.05, 0.1) is 42.3 Å². The number of methoxy groups -OCH3 is 2. The van der Waals surface area contributed by atoms with Crippen molar-refractivity contribution in [2.45, 2.75) is 12.8 Å². The number of halogens is 4. The van der Waals surface area contributed by atoms with Gasteiger partial charge in [-0.15, -0.1) is 0 Å². The number of carbonyl (C=O) groups excluding carboxylic acids is 1. The van der Waals surface area contributed by atoms with Crippen molar-refractivity contribution in [2.24, 2.45) is 5.10 Å². The number of alkyl halides is 3. The molecule has 3 aromatic rings. The fraction of sp³-hybridized carbons (Fsp3) is 0.167. The number of hydrogen-bond donors (Lipinski definition) is 1. The Kier molecular flexibility index (Phi) is 8.01. The first-order chi connectivity index (χ1) is 16.2. The zero-order chi connectivity index (χ0) is 24.7. The second-order valence-corrected chi connectivity index (χ2v) is 7.36. The largest absolute Gasteiger partial charge is 0.493 e. The molecule has 3 rings (SSSR count). The summed E-state index contributed by atoms with van der Waals surface area (Å²) < 4.78 is 54.5. The second kappa shape index (κ2) is 10.9. The van der Waals surface area contributed by atoms with E-state index in [1.54, 1.807) is 42.5 Å². The summed E-state index contributed by atoms with van der Waals surface area (Å²) in [5, 5.41) is 4.07. The minimum atomic E-state index is -4.49. The molecule has 0 aliphatic heterocycles. The zero-order valence-electron chi connectivity index (χ0n) is 18.2. The Bertz CT molecular complexity index is 1180. The molecule has 0 fully saturated rings. The van der Waals surface area contributed by atoms with E-state index in [0.717, 1.165) is 23.8 Å². The van der Waals surface area contributed by atoms with Crippen LogP contribution in [0.5, 0.6) is 11.5 Å². The minimum absolute atomic E-state index is 0.0258. The van der Waals surface area contributed by atoms with Gasteiger partial charge in [0.1, 0.15) is 6.61 Å². The number of carbonyl (C=O) groups is 1. The third-order valence-corrected chi connectivity index (χ3v) is 4.98. The van der Waals surface area contributed by atoms with Gasteiger partial charge >= 0.3 is 12.1 Å². The quantitative estimate of drug-likeness (QED) is 0.231. The van der Waals surface area contributed by atoms with Crippen molar-refractivity contribution in [3.8, 4) is 11.5 Å². The first kappa shape index (κ1) is 24.9. The number of ether oxygens (including phenoxy) is 3. The van der Waals surface area contributed by atoms with Crippen LogP contribution in [0.4, 0.5) is 18.9 Å². The van der Waals surface area contributed by atoms with Gasteiger partial charge in [-0.25, -0.2) is 4.79 Å². The number of hydrazone groups is 1. The Morgan fingerprint density at radius 1 is 1.03 bits per heavy atom. The second-order valence-electron chi connectivity index (χ2n) is 6.95. The topological polar surface area (TPSA) is 69.2 Å². The van der Waals surface area contributed by atoms with Gasteiger partial charge in [-0.1, -0.05) is 23.7 Å². The van der Waals surface area contributed by atoms with E-state index in [1.165, 1.54) is 20.4 Å². The minimum Gasteiger partial charge on any atom is -0.493 e. The fourth-order valence-corrected chi connectivity index (χ4v) is 3.02. The molecular weight excluding hydrogens is 473 g/mol. The van der Waals surface area contributed by atoms with Crippen LogP contribution in [0.1, 0.15) is 27.0 Å². The van der Waals surface area contributed by atoms with E-state index in [2.05, 4.69) is 15.3 Å². The van der Waals surface area contributed by atoms with Crippen molar-refractivity contribution in [1.29, 1.82) is 0 Å². The molecule has 3 aromatic carbocycles. The standard InChI is InChI=1S/C24H20ClF3N2O4/c1-32-22-11-16(13-29-30-20-12-18(24(26,27)28)8-9-19(20)25)5-10-21(22)34-14-15-3-6-17(7-4-15)23(31)33-2/h3-13,30H,14H2,1-2H3. The maximum Gasteiger partial charge on any atom is 0.416 e. The van der Waals surface area contributed by atoms with Gasteiger partial charge in [0, 0.05) is 0 Å². The summed E-state index contributed by atoms with van der Waals surface area (Å²) in [7, 11) is 2.80. The molecule has 0 aromatic heterocycles. The maximum atomic E-state index is 12.9. The molecule has 10 heteroatoms. The molecule has 0 radical (unpaired) electrons. The molecule has 0 aliphatic carbocycles. The Balaban J connectivity index is 1.66. The molecule has 178 valence electrons. The van der Waals surface area contributed by atoms with Crippen molar-refractivity contribution < 1.29 is 32.2 Å². The van der Waals surface area contributed by atoms with Crippen LogP contribution in [-0.4, -0.2) is 26.4 Å². The molecule has 0 saturated heterocycles. The Morgan fingerprint density at radius 3 is 2.41 bits per heavy atom. The monoisotopic (exact) mass is 492 g/mol. The molecule has 0 spiro atoms. The number of nitrogens with one attached hydrogen (secondary N) is 1. The van der Waals surface area contributed by atoms with Gasteiger partial charge in [0.25, 0.3) is 0 Å². The number of nitrogens with zero attached hydrogens (tertiary/aromatic N) is 1. The van der Waals surface area contributed by atoms with E-state index in [9.17, 15) is 18.0 Å². The molecule has 0 amide bonds. The van der Waals surface area contributed by atoms with Crippen molar-refractivity contribution in [3.63, 3.8) is 0 Å². The van der Waals surface area contributed by atoms with Crippen LogP contribution in [0.3, 0.4) is 0 Å². The highest BCUT2D eigenvalue weighted by atomic mass is 35.5. The lowest BCUT2D eigenvalue weighted by molar-refractivity contribution is -0.137. The molecule has 0 heterocycles. The predicted octanol–water partition coefficient (Wildman–Crippen LogP) is 6.18. The molecule has 6 nitrogen and oxygen atoms in total. The lowest BCUT2D eigenvalue weighted by Crippen LogP contribution is -2.05. The number of anilines is 1. The molecule has 0 atom stereocenters. The summed E-state index contributed by atoms with van der Waals surface area (Å²) in [6.45, 7) is 0.237. The number of esters is 1. The van der Waals surface area contributed by atoms with E-state index in [1.807, 2.05) is 0 Å². The third kappa shape index (κ3) is 6.41. The summed E-state index contributed by atoms with van der Waals surface area (Å²) in [6, 6.07) is 14.8. The van der Waals surface area contributed by atoms with Crippen LogP contribution in [0.15, 0.2) is 65.8 Å².